The molecule has 1 aliphatic rings. The first kappa shape index (κ1) is 37.2. The van der Waals surface area contributed by atoms with Crippen LogP contribution in [0.1, 0.15) is 53.0 Å². The molecule has 0 aliphatic carbocycles. The van der Waals surface area contributed by atoms with Gasteiger partial charge in [0.1, 0.15) is 0 Å². The van der Waals surface area contributed by atoms with Gasteiger partial charge in [-0.1, -0.05) is 76.3 Å². The van der Waals surface area contributed by atoms with Crippen molar-refractivity contribution in [3.8, 4) is 0 Å². The fraction of sp³-hybridized carbons (Fsp3) is 0.529. The van der Waals surface area contributed by atoms with Gasteiger partial charge in [0.15, 0.2) is 0 Å². The van der Waals surface area contributed by atoms with Crippen LogP contribution >= 0.6 is 11.6 Å². The van der Waals surface area contributed by atoms with Gasteiger partial charge in [-0.15, -0.1) is 0 Å². The molecule has 1 aromatic rings. The highest BCUT2D eigenvalue weighted by Crippen LogP contribution is 2.34. The third-order valence-corrected chi connectivity index (χ3v) is 7.60. The van der Waals surface area contributed by atoms with Crippen LogP contribution in [0.3, 0.4) is 0 Å². The summed E-state index contributed by atoms with van der Waals surface area (Å²) in [6.45, 7) is 19.7. The second-order valence-electron chi connectivity index (χ2n) is 10.2. The minimum atomic E-state index is -0.340. The van der Waals surface area contributed by atoms with E-state index in [1.54, 1.807) is 18.1 Å². The van der Waals surface area contributed by atoms with Crippen LogP contribution in [0.2, 0.25) is 5.02 Å². The van der Waals surface area contributed by atoms with E-state index in [1.165, 1.54) is 0 Å². The number of anilines is 1. The molecule has 0 bridgehead atoms. The van der Waals surface area contributed by atoms with Crippen molar-refractivity contribution < 1.29 is 14.3 Å². The predicted octanol–water partition coefficient (Wildman–Crippen LogP) is 6.53. The number of allylic oxidation sites excluding steroid dienone is 2. The van der Waals surface area contributed by atoms with Crippen LogP contribution in [0.5, 0.6) is 0 Å². The molecule has 0 aromatic heterocycles. The number of hydrogen-bond acceptors (Lipinski definition) is 5. The van der Waals surface area contributed by atoms with E-state index in [9.17, 15) is 9.59 Å². The highest BCUT2D eigenvalue weighted by molar-refractivity contribution is 6.30. The maximum absolute atomic E-state index is 13.4. The first-order valence-corrected chi connectivity index (χ1v) is 15.5. The summed E-state index contributed by atoms with van der Waals surface area (Å²) >= 11 is 6.33. The molecule has 0 spiro atoms. The Morgan fingerprint density at radius 3 is 2.45 bits per heavy atom. The van der Waals surface area contributed by atoms with Gasteiger partial charge in [0, 0.05) is 63.2 Å². The Balaban J connectivity index is 0.00000162. The molecule has 7 nitrogen and oxygen atoms in total. The van der Waals surface area contributed by atoms with Gasteiger partial charge in [-0.05, 0) is 62.2 Å². The number of carbonyl (C=O) groups is 2. The highest BCUT2D eigenvalue weighted by atomic mass is 35.5. The van der Waals surface area contributed by atoms with Crippen LogP contribution < -0.4 is 5.32 Å². The molecule has 2 amide bonds. The lowest BCUT2D eigenvalue weighted by Crippen LogP contribution is -2.41. The number of hydrogen-bond donors (Lipinski definition) is 1. The van der Waals surface area contributed by atoms with Crippen LogP contribution in [0, 0.1) is 5.92 Å². The maximum Gasteiger partial charge on any atom is 0.229 e. The van der Waals surface area contributed by atoms with Crippen molar-refractivity contribution in [2.24, 2.45) is 5.92 Å². The summed E-state index contributed by atoms with van der Waals surface area (Å²) in [7, 11) is 3.60. The Hall–Kier alpha value is -2.87. The number of halogens is 1. The molecule has 0 saturated heterocycles. The Morgan fingerprint density at radius 1 is 1.21 bits per heavy atom. The van der Waals surface area contributed by atoms with Crippen molar-refractivity contribution in [2.45, 2.75) is 53.5 Å². The summed E-state index contributed by atoms with van der Waals surface area (Å²) in [6, 6.07) is 5.48. The van der Waals surface area contributed by atoms with Crippen molar-refractivity contribution in [1.29, 1.82) is 0 Å². The molecule has 0 radical (unpaired) electrons. The largest absolute Gasteiger partial charge is 0.388 e. The van der Waals surface area contributed by atoms with Crippen molar-refractivity contribution >= 4 is 35.2 Å². The minimum absolute atomic E-state index is 0.0872. The lowest BCUT2D eigenvalue weighted by Gasteiger charge is -2.34. The zero-order valence-corrected chi connectivity index (χ0v) is 27.6. The number of benzene rings is 1. The van der Waals surface area contributed by atoms with E-state index in [2.05, 4.69) is 43.6 Å². The molecule has 1 heterocycles. The van der Waals surface area contributed by atoms with Gasteiger partial charge in [-0.25, -0.2) is 0 Å². The van der Waals surface area contributed by atoms with E-state index < -0.39 is 0 Å². The van der Waals surface area contributed by atoms with Crippen LogP contribution in [-0.2, 0) is 14.3 Å². The molecule has 0 saturated carbocycles. The second-order valence-corrected chi connectivity index (χ2v) is 10.6. The van der Waals surface area contributed by atoms with E-state index in [1.807, 2.05) is 62.2 Å². The van der Waals surface area contributed by atoms with Crippen molar-refractivity contribution in [2.75, 3.05) is 65.3 Å². The van der Waals surface area contributed by atoms with Crippen LogP contribution in [0.4, 0.5) is 5.69 Å². The normalized spacial score (nSPS) is 16.0. The first-order valence-electron chi connectivity index (χ1n) is 15.1. The fourth-order valence-electron chi connectivity index (χ4n) is 4.90. The van der Waals surface area contributed by atoms with Crippen molar-refractivity contribution in [3.05, 3.63) is 71.3 Å². The van der Waals surface area contributed by atoms with E-state index in [4.69, 9.17) is 16.3 Å². The van der Waals surface area contributed by atoms with Crippen molar-refractivity contribution in [1.82, 2.24) is 14.7 Å². The van der Waals surface area contributed by atoms with Gasteiger partial charge in [-0.3, -0.25) is 9.59 Å². The molecule has 1 aromatic carbocycles. The molecular formula is C34H53ClN4O3. The highest BCUT2D eigenvalue weighted by Gasteiger charge is 2.26. The lowest BCUT2D eigenvalue weighted by molar-refractivity contribution is -0.133. The second kappa shape index (κ2) is 20.9. The summed E-state index contributed by atoms with van der Waals surface area (Å²) in [5, 5.41) is 3.90. The van der Waals surface area contributed by atoms with Gasteiger partial charge in [-0.2, -0.15) is 0 Å². The monoisotopic (exact) mass is 600 g/mol. The molecule has 0 fully saturated rings. The Kier molecular flexibility index (Phi) is 18.5. The molecule has 1 aliphatic heterocycles. The van der Waals surface area contributed by atoms with Gasteiger partial charge >= 0.3 is 0 Å². The van der Waals surface area contributed by atoms with E-state index >= 15 is 0 Å². The minimum Gasteiger partial charge on any atom is -0.388 e. The van der Waals surface area contributed by atoms with Gasteiger partial charge in [0.25, 0.3) is 0 Å². The SMILES string of the molecule is C=C/C=C\C(=C/C(C)C(=O)N(CC)CCN(CC)CC)C1C=C(c2cc(Cl)ccc2NC)CCN1C=O.CCCOC. The third kappa shape index (κ3) is 11.8. The fourth-order valence-corrected chi connectivity index (χ4v) is 5.07. The van der Waals surface area contributed by atoms with Gasteiger partial charge in [0.05, 0.1) is 12.0 Å². The number of methoxy groups -OCH3 is 1. The Bertz CT molecular complexity index is 1060. The van der Waals surface area contributed by atoms with Crippen molar-refractivity contribution in [3.63, 3.8) is 0 Å². The number of likely N-dealkylation sites (N-methyl/N-ethyl adjacent to an activating group) is 2. The smallest absolute Gasteiger partial charge is 0.229 e. The zero-order valence-electron chi connectivity index (χ0n) is 26.9. The number of rotatable bonds is 16. The van der Waals surface area contributed by atoms with Crippen LogP contribution in [0.15, 0.2) is 60.7 Å². The molecule has 42 heavy (non-hydrogen) atoms. The van der Waals surface area contributed by atoms with E-state index in [0.717, 1.165) is 61.5 Å². The molecule has 2 rings (SSSR count). The third-order valence-electron chi connectivity index (χ3n) is 7.37. The zero-order chi connectivity index (χ0) is 31.5. The Labute approximate surface area is 259 Å². The molecule has 8 heteroatoms. The number of ether oxygens (including phenoxy) is 1. The Morgan fingerprint density at radius 2 is 1.93 bits per heavy atom. The maximum atomic E-state index is 13.4. The van der Waals surface area contributed by atoms with E-state index in [0.29, 0.717) is 31.1 Å². The average molecular weight is 601 g/mol. The topological polar surface area (TPSA) is 65.1 Å². The summed E-state index contributed by atoms with van der Waals surface area (Å²) in [5.74, 6) is -0.253. The number of carbonyl (C=O) groups excluding carboxylic acids is 2. The van der Waals surface area contributed by atoms with E-state index in [-0.39, 0.29) is 17.9 Å². The summed E-state index contributed by atoms with van der Waals surface area (Å²) in [5.41, 5.74) is 4.01. The average Bonchev–Trinajstić information content (AvgIpc) is 3.01. The molecule has 2 unspecified atom stereocenters. The molecule has 2 atom stereocenters. The molecular weight excluding hydrogens is 548 g/mol. The van der Waals surface area contributed by atoms with Gasteiger partial charge in [0.2, 0.25) is 12.3 Å². The van der Waals surface area contributed by atoms with Gasteiger partial charge < -0.3 is 24.8 Å². The lowest BCUT2D eigenvalue weighted by atomic mass is 9.90. The number of nitrogens with zero attached hydrogens (tertiary/aromatic N) is 3. The molecule has 1 N–H and O–H groups in total. The number of nitrogens with one attached hydrogen (secondary N) is 1. The van der Waals surface area contributed by atoms with Crippen LogP contribution in [-0.4, -0.2) is 93.1 Å². The predicted molar refractivity (Wildman–Crippen MR) is 179 cm³/mol. The summed E-state index contributed by atoms with van der Waals surface area (Å²) < 4.78 is 4.69. The summed E-state index contributed by atoms with van der Waals surface area (Å²) in [4.78, 5) is 31.5. The van der Waals surface area contributed by atoms with Crippen LogP contribution in [0.25, 0.3) is 5.57 Å². The summed E-state index contributed by atoms with van der Waals surface area (Å²) in [6.07, 6.45) is 12.3. The quantitative estimate of drug-likeness (QED) is 0.173. The standard InChI is InChI=1S/C30H43ClN4O2.C4H10O/c1-7-11-12-25(19-23(5)30(37)34(10-4)18-17-33(8-2)9-3)29-20-24(15-16-35(29)22-36)27-21-26(31)13-14-28(27)32-6;1-3-4-5-2/h7,11-14,19-23,29,32H,1,8-10,15-18H2,2-6H3;3-4H2,1-2H3/b12-11-,25-19+;. The first-order chi connectivity index (χ1) is 20.2. The number of amides is 2. The molecule has 234 valence electrons.